The van der Waals surface area contributed by atoms with E-state index in [-0.39, 0.29) is 22.8 Å². The Morgan fingerprint density at radius 3 is 1.87 bits per heavy atom. The summed E-state index contributed by atoms with van der Waals surface area (Å²) in [5, 5.41) is 25.4. The van der Waals surface area contributed by atoms with Crippen molar-refractivity contribution in [2.45, 2.75) is 26.5 Å². The van der Waals surface area contributed by atoms with Gasteiger partial charge < -0.3 is 25.8 Å². The predicted octanol–water partition coefficient (Wildman–Crippen LogP) is 2.11. The van der Waals surface area contributed by atoms with Crippen LogP contribution in [0.2, 0.25) is 5.28 Å². The monoisotopic (exact) mass is 1020 g/mol. The van der Waals surface area contributed by atoms with E-state index in [0.717, 1.165) is 31.2 Å². The van der Waals surface area contributed by atoms with E-state index >= 15 is 0 Å². The Morgan fingerprint density at radius 2 is 1.32 bits per heavy atom. The minimum Gasteiger partial charge on any atom is -0.504 e. The summed E-state index contributed by atoms with van der Waals surface area (Å²) in [5.74, 6) is -4.53. The smallest absolute Gasteiger partial charge is 0.397 e. The molecule has 0 fully saturated rings. The lowest BCUT2D eigenvalue weighted by Crippen LogP contribution is -2.16. The van der Waals surface area contributed by atoms with Gasteiger partial charge in [-0.25, -0.2) is 16.8 Å². The lowest BCUT2D eigenvalue weighted by atomic mass is 10.2. The summed E-state index contributed by atoms with van der Waals surface area (Å²) in [7, 11) is -25.9. The maximum Gasteiger partial charge on any atom is 0.397 e. The number of phenols is 1. The minimum atomic E-state index is -5.22. The summed E-state index contributed by atoms with van der Waals surface area (Å²) in [6.45, 7) is -0.777. The third-order valence-corrected chi connectivity index (χ3v) is 13.1. The molecule has 1 unspecified atom stereocenters. The van der Waals surface area contributed by atoms with E-state index in [1.807, 2.05) is 0 Å². The van der Waals surface area contributed by atoms with Gasteiger partial charge in [-0.05, 0) is 48.0 Å². The van der Waals surface area contributed by atoms with Crippen molar-refractivity contribution in [2.75, 3.05) is 47.8 Å². The Bertz CT molecular complexity index is 3080. The highest BCUT2D eigenvalue weighted by Crippen LogP contribution is 2.40. The minimum absolute atomic E-state index is 0.0550. The molecule has 0 saturated carbocycles. The molecule has 344 valence electrons. The fourth-order valence-corrected chi connectivity index (χ4v) is 9.17. The molecule has 0 aliphatic rings. The maximum absolute atomic E-state index is 12.8. The molecule has 0 saturated heterocycles. The molecule has 1 atom stereocenters. The molecule has 1 aromatic heterocycles. The number of nitrogens with zero attached hydrogens (tertiary/aromatic N) is 5. The van der Waals surface area contributed by atoms with Crippen LogP contribution in [0.5, 0.6) is 11.5 Å². The zero-order chi connectivity index (χ0) is 47.3. The summed E-state index contributed by atoms with van der Waals surface area (Å²) in [4.78, 5) is 20.6. The molecule has 63 heavy (non-hydrogen) atoms. The Balaban J connectivity index is 1.71. The van der Waals surface area contributed by atoms with Gasteiger partial charge in [0.15, 0.2) is 15.6 Å². The van der Waals surface area contributed by atoms with Gasteiger partial charge >= 0.3 is 20.8 Å². The molecule has 0 aliphatic carbocycles. The highest BCUT2D eigenvalue weighted by molar-refractivity contribution is 7.91. The lowest BCUT2D eigenvalue weighted by molar-refractivity contribution is -0.114. The van der Waals surface area contributed by atoms with Crippen molar-refractivity contribution in [1.82, 2.24) is 15.0 Å². The molecule has 4 aromatic rings. The normalized spacial score (nSPS) is 13.1. The number of halogens is 1. The second-order valence-corrected chi connectivity index (χ2v) is 20.7. The van der Waals surface area contributed by atoms with Crippen molar-refractivity contribution in [3.8, 4) is 11.5 Å². The fraction of sp³-hybridized carbons (Fsp3) is 0.214. The Labute approximate surface area is 363 Å². The van der Waals surface area contributed by atoms with E-state index < -0.39 is 146 Å². The quantitative estimate of drug-likeness (QED) is 0.0357. The maximum atomic E-state index is 12.8. The van der Waals surface area contributed by atoms with Crippen LogP contribution in [0.25, 0.3) is 0 Å². The first-order valence-corrected chi connectivity index (χ1v) is 25.1. The number of carbonyl (C=O) groups excluding carboxylic acids is 1. The number of ether oxygens (including phenoxy) is 1. The van der Waals surface area contributed by atoms with Gasteiger partial charge in [0.1, 0.15) is 26.9 Å². The van der Waals surface area contributed by atoms with Gasteiger partial charge in [-0.2, -0.15) is 48.6 Å². The van der Waals surface area contributed by atoms with E-state index in [1.165, 1.54) is 13.2 Å². The number of aromatic nitrogens is 3. The Kier molecular flexibility index (Phi) is 15.8. The van der Waals surface area contributed by atoms with Gasteiger partial charge in [0.2, 0.25) is 23.1 Å². The molecule has 0 bridgehead atoms. The van der Waals surface area contributed by atoms with Gasteiger partial charge in [0, 0.05) is 17.9 Å². The molecule has 35 heteroatoms. The van der Waals surface area contributed by atoms with Gasteiger partial charge in [-0.3, -0.25) is 27.2 Å². The number of benzene rings is 3. The van der Waals surface area contributed by atoms with Crippen molar-refractivity contribution in [3.63, 3.8) is 0 Å². The number of anilines is 5. The fourth-order valence-electron chi connectivity index (χ4n) is 4.70. The van der Waals surface area contributed by atoms with Crippen molar-refractivity contribution in [1.29, 1.82) is 0 Å². The first-order chi connectivity index (χ1) is 29.0. The second kappa shape index (κ2) is 19.7. The summed E-state index contributed by atoms with van der Waals surface area (Å²) in [6.07, 6.45) is 0. The molecule has 1 amide bonds. The van der Waals surface area contributed by atoms with Crippen molar-refractivity contribution >= 4 is 120 Å². The number of methoxy groups -OCH3 is 1. The number of rotatable bonds is 20. The number of sulfone groups is 1. The number of azo groups is 1. The largest absolute Gasteiger partial charge is 0.504 e. The predicted molar refractivity (Wildman–Crippen MR) is 215 cm³/mol. The molecular weight excluding hydrogens is 996 g/mol. The van der Waals surface area contributed by atoms with Gasteiger partial charge in [-0.15, -0.1) is 10.2 Å². The number of hydrogen-bond donors (Lipinski definition) is 8. The van der Waals surface area contributed by atoms with Crippen molar-refractivity contribution < 1.29 is 87.5 Å². The molecule has 0 spiro atoms. The van der Waals surface area contributed by atoms with Crippen LogP contribution >= 0.6 is 11.6 Å². The number of aromatic hydroxyl groups is 1. The van der Waals surface area contributed by atoms with Crippen LogP contribution in [0.1, 0.15) is 6.92 Å². The van der Waals surface area contributed by atoms with Crippen LogP contribution in [-0.2, 0) is 74.8 Å². The summed E-state index contributed by atoms with van der Waals surface area (Å²) >= 11 is 6.10. The van der Waals surface area contributed by atoms with Crippen LogP contribution in [-0.4, -0.2) is 122 Å². The van der Waals surface area contributed by atoms with Crippen molar-refractivity contribution in [2.24, 2.45) is 10.2 Å². The number of hydrogen-bond acceptors (Lipinski definition) is 23. The van der Waals surface area contributed by atoms with Crippen LogP contribution in [0, 0.1) is 0 Å². The lowest BCUT2D eigenvalue weighted by Gasteiger charge is -2.15. The number of nitrogens with one attached hydrogen (secondary N) is 3. The second-order valence-electron chi connectivity index (χ2n) is 11.7. The van der Waals surface area contributed by atoms with E-state index in [1.54, 1.807) is 0 Å². The highest BCUT2D eigenvalue weighted by atomic mass is 35.5. The zero-order valence-corrected chi connectivity index (χ0v) is 36.9. The number of amides is 1. The topological polar surface area (TPSA) is 433 Å². The van der Waals surface area contributed by atoms with Gasteiger partial charge in [0.25, 0.3) is 20.2 Å². The molecule has 8 N–H and O–H groups in total. The molecule has 4 rings (SSSR count). The number of phenolic OH excluding ortho intramolecular Hbond substituents is 1. The zero-order valence-electron chi connectivity index (χ0n) is 31.3. The van der Waals surface area contributed by atoms with Gasteiger partial charge in [0.05, 0.1) is 64.6 Å². The van der Waals surface area contributed by atoms with Crippen LogP contribution in [0.4, 0.5) is 40.3 Å². The Hall–Kier alpha value is -5.11. The third kappa shape index (κ3) is 14.7. The molecular formula is C28H29ClN8O20S6. The summed E-state index contributed by atoms with van der Waals surface area (Å²) < 4.78 is 181. The SMILES string of the molecule is COc1cc(N=Nc2ccc(S(=O)(=O)CCOS(=O)(=O)O)cc2S(=O)(=O)O)c(NC(C)=O)cc1Nc1nc(Cl)nc(Nc2cc(S(=O)CCOS(=O)(=O)O)cc(S(=O)(=O)O)c2O)n1. The molecule has 0 aliphatic heterocycles. The first kappa shape index (κ1) is 50.5. The molecule has 1 heterocycles. The van der Waals surface area contributed by atoms with Crippen LogP contribution in [0.15, 0.2) is 72.3 Å². The van der Waals surface area contributed by atoms with Crippen LogP contribution in [0.3, 0.4) is 0 Å². The molecule has 0 radical (unpaired) electrons. The average molecular weight is 1030 g/mol. The highest BCUT2D eigenvalue weighted by Gasteiger charge is 2.25. The van der Waals surface area contributed by atoms with Crippen molar-refractivity contribution in [3.05, 3.63) is 47.7 Å². The third-order valence-electron chi connectivity index (χ3n) is 7.24. The first-order valence-electron chi connectivity index (χ1n) is 16.1. The summed E-state index contributed by atoms with van der Waals surface area (Å²) in [5.41, 5.74) is -1.67. The number of carbonyl (C=O) groups is 1. The van der Waals surface area contributed by atoms with E-state index in [2.05, 4.69) is 49.5 Å². The Morgan fingerprint density at radius 1 is 0.746 bits per heavy atom. The van der Waals surface area contributed by atoms with Gasteiger partial charge in [-0.1, -0.05) is 0 Å². The average Bonchev–Trinajstić information content (AvgIpc) is 3.12. The standard InChI is InChI=1S/C28H29ClN8O20S6/c1-14(38)30-18-12-20(22(55-2)13-19(18)37-36-17-4-3-16(11-23(17)60(43,44)45)59(41,42)8-6-57-63(52,53)54)31-27-33-26(29)34-28(35-27)32-21-9-15(10-24(25(21)39)61(46,47)48)58(40)7-5-56-62(49,50)51/h3-4,9-13,39H,5-8H2,1-2H3,(H,30,38)(H,43,44,45)(H,46,47,48)(H,49,50,51)(H,52,53,54)(H2,31,32,33,34,35). The summed E-state index contributed by atoms with van der Waals surface area (Å²) in [6, 6.07) is 6.02. The van der Waals surface area contributed by atoms with E-state index in [0.29, 0.717) is 12.1 Å². The van der Waals surface area contributed by atoms with Crippen LogP contribution < -0.4 is 20.7 Å². The molecule has 28 nitrogen and oxygen atoms in total. The van der Waals surface area contributed by atoms with E-state index in [4.69, 9.17) is 25.4 Å². The van der Waals surface area contributed by atoms with E-state index in [9.17, 15) is 65.3 Å². The molecule has 3 aromatic carbocycles.